The molecule has 0 spiro atoms. The number of carbonyl (C=O) groups is 1. The number of rotatable bonds is 8. The number of thiazole rings is 1. The Hall–Kier alpha value is -3.83. The Morgan fingerprint density at radius 2 is 1.73 bits per heavy atom. The van der Waals surface area contributed by atoms with Crippen molar-refractivity contribution >= 4 is 42.4 Å². The summed E-state index contributed by atoms with van der Waals surface area (Å²) >= 11 is 1.27. The molecule has 1 amide bonds. The van der Waals surface area contributed by atoms with Gasteiger partial charge in [0.15, 0.2) is 26.5 Å². The number of fused-ring (bicyclic) bond motifs is 3. The van der Waals surface area contributed by atoms with Crippen LogP contribution >= 0.6 is 11.3 Å². The van der Waals surface area contributed by atoms with E-state index in [4.69, 9.17) is 18.9 Å². The van der Waals surface area contributed by atoms with E-state index in [1.807, 2.05) is 6.07 Å². The van der Waals surface area contributed by atoms with Crippen LogP contribution in [0.5, 0.6) is 23.0 Å². The molecule has 192 valence electrons. The van der Waals surface area contributed by atoms with Gasteiger partial charge in [0.25, 0.3) is 5.91 Å². The van der Waals surface area contributed by atoms with Crippen LogP contribution in [0.15, 0.2) is 65.6 Å². The van der Waals surface area contributed by atoms with Crippen molar-refractivity contribution in [2.24, 2.45) is 0 Å². The number of nitrogens with one attached hydrogen (secondary N) is 1. The van der Waals surface area contributed by atoms with Gasteiger partial charge in [-0.3, -0.25) is 10.1 Å². The fraction of sp³-hybridized carbons (Fsp3) is 0.231. The van der Waals surface area contributed by atoms with Gasteiger partial charge in [0.05, 0.1) is 23.3 Å². The smallest absolute Gasteiger partial charge is 0.271 e. The SMILES string of the molecule is CCS(=O)(=O)c1ccc(C(Oc2ccc(OC)cc2)C(=O)Nc2nc3ccc4c(c3s2)OCCO4)cc1. The first-order valence-corrected chi connectivity index (χ1v) is 14.0. The van der Waals surface area contributed by atoms with E-state index >= 15 is 0 Å². The van der Waals surface area contributed by atoms with Gasteiger partial charge in [-0.25, -0.2) is 13.4 Å². The van der Waals surface area contributed by atoms with E-state index in [2.05, 4.69) is 10.3 Å². The van der Waals surface area contributed by atoms with Crippen molar-refractivity contribution in [3.8, 4) is 23.0 Å². The number of hydrogen-bond donors (Lipinski definition) is 1. The van der Waals surface area contributed by atoms with Crippen LogP contribution in [0.25, 0.3) is 10.2 Å². The number of sulfone groups is 1. The van der Waals surface area contributed by atoms with Gasteiger partial charge in [0.2, 0.25) is 6.10 Å². The maximum absolute atomic E-state index is 13.5. The highest BCUT2D eigenvalue weighted by atomic mass is 32.2. The number of nitrogens with zero attached hydrogens (tertiary/aromatic N) is 1. The lowest BCUT2D eigenvalue weighted by Gasteiger charge is -2.19. The minimum absolute atomic E-state index is 0.0192. The average molecular weight is 541 g/mol. The van der Waals surface area contributed by atoms with Crippen LogP contribution in [0.4, 0.5) is 5.13 Å². The van der Waals surface area contributed by atoms with Gasteiger partial charge in [-0.2, -0.15) is 0 Å². The molecule has 1 aromatic heterocycles. The second-order valence-electron chi connectivity index (χ2n) is 8.09. The molecule has 0 fully saturated rings. The average Bonchev–Trinajstić information content (AvgIpc) is 3.35. The van der Waals surface area contributed by atoms with E-state index in [0.717, 1.165) is 4.70 Å². The van der Waals surface area contributed by atoms with Crippen molar-refractivity contribution in [1.82, 2.24) is 4.98 Å². The molecule has 1 N–H and O–H groups in total. The molecular formula is C26H24N2O7S2. The second kappa shape index (κ2) is 10.3. The third kappa shape index (κ3) is 5.18. The highest BCUT2D eigenvalue weighted by molar-refractivity contribution is 7.91. The van der Waals surface area contributed by atoms with Crippen molar-refractivity contribution in [2.75, 3.05) is 31.4 Å². The van der Waals surface area contributed by atoms with E-state index in [9.17, 15) is 13.2 Å². The van der Waals surface area contributed by atoms with Crippen LogP contribution in [0, 0.1) is 0 Å². The monoisotopic (exact) mass is 540 g/mol. The van der Waals surface area contributed by atoms with Gasteiger partial charge in [-0.05, 0) is 48.5 Å². The second-order valence-corrected chi connectivity index (χ2v) is 11.4. The summed E-state index contributed by atoms with van der Waals surface area (Å²) in [5, 5.41) is 3.21. The minimum Gasteiger partial charge on any atom is -0.497 e. The van der Waals surface area contributed by atoms with Crippen LogP contribution in [-0.2, 0) is 14.6 Å². The summed E-state index contributed by atoms with van der Waals surface area (Å²) in [6, 6.07) is 16.6. The Morgan fingerprint density at radius 1 is 1.03 bits per heavy atom. The molecule has 5 rings (SSSR count). The van der Waals surface area contributed by atoms with E-state index in [1.54, 1.807) is 56.5 Å². The summed E-state index contributed by atoms with van der Waals surface area (Å²) < 4.78 is 47.9. The number of amides is 1. The number of hydrogen-bond acceptors (Lipinski definition) is 9. The highest BCUT2D eigenvalue weighted by Gasteiger charge is 2.26. The molecule has 1 aliphatic rings. The molecular weight excluding hydrogens is 516 g/mol. The number of anilines is 1. The summed E-state index contributed by atoms with van der Waals surface area (Å²) in [6.45, 7) is 2.50. The first-order chi connectivity index (χ1) is 17.9. The highest BCUT2D eigenvalue weighted by Crippen LogP contribution is 2.42. The summed E-state index contributed by atoms with van der Waals surface area (Å²) in [4.78, 5) is 18.2. The zero-order valence-corrected chi connectivity index (χ0v) is 21.7. The van der Waals surface area contributed by atoms with Gasteiger partial charge in [0, 0.05) is 5.56 Å². The van der Waals surface area contributed by atoms with E-state index in [1.165, 1.54) is 23.5 Å². The molecule has 1 atom stereocenters. The largest absolute Gasteiger partial charge is 0.497 e. The minimum atomic E-state index is -3.38. The quantitative estimate of drug-likeness (QED) is 0.344. The Bertz CT molecular complexity index is 1530. The third-order valence-corrected chi connectivity index (χ3v) is 8.50. The lowest BCUT2D eigenvalue weighted by molar-refractivity contribution is -0.123. The first kappa shape index (κ1) is 24.8. The van der Waals surface area contributed by atoms with Crippen LogP contribution in [0.2, 0.25) is 0 Å². The summed E-state index contributed by atoms with van der Waals surface area (Å²) in [7, 11) is -1.82. The predicted octanol–water partition coefficient (Wildman–Crippen LogP) is 4.63. The van der Waals surface area contributed by atoms with Crippen molar-refractivity contribution in [3.05, 3.63) is 66.2 Å². The molecule has 0 radical (unpaired) electrons. The molecule has 2 heterocycles. The lowest BCUT2D eigenvalue weighted by atomic mass is 10.1. The number of carbonyl (C=O) groups excluding carboxylic acids is 1. The van der Waals surface area contributed by atoms with Crippen molar-refractivity contribution < 1.29 is 32.2 Å². The van der Waals surface area contributed by atoms with Crippen LogP contribution in [0.1, 0.15) is 18.6 Å². The summed E-state index contributed by atoms with van der Waals surface area (Å²) in [5.74, 6) is 1.85. The zero-order chi connectivity index (χ0) is 26.0. The van der Waals surface area contributed by atoms with E-state index in [0.29, 0.717) is 52.4 Å². The fourth-order valence-electron chi connectivity index (χ4n) is 3.80. The molecule has 4 aromatic rings. The van der Waals surface area contributed by atoms with E-state index in [-0.39, 0.29) is 10.6 Å². The van der Waals surface area contributed by atoms with Crippen LogP contribution in [-0.4, -0.2) is 45.4 Å². The predicted molar refractivity (Wildman–Crippen MR) is 140 cm³/mol. The molecule has 11 heteroatoms. The topological polar surface area (TPSA) is 113 Å². The molecule has 0 bridgehead atoms. The summed E-state index contributed by atoms with van der Waals surface area (Å²) in [5.41, 5.74) is 1.16. The molecule has 0 saturated heterocycles. The molecule has 37 heavy (non-hydrogen) atoms. The normalized spacial score (nSPS) is 13.7. The maximum atomic E-state index is 13.5. The molecule has 0 aliphatic carbocycles. The molecule has 1 unspecified atom stereocenters. The van der Waals surface area contributed by atoms with Crippen LogP contribution < -0.4 is 24.3 Å². The molecule has 3 aromatic carbocycles. The van der Waals surface area contributed by atoms with Crippen LogP contribution in [0.3, 0.4) is 0 Å². The number of methoxy groups -OCH3 is 1. The number of ether oxygens (including phenoxy) is 4. The van der Waals surface area contributed by atoms with Gasteiger partial charge < -0.3 is 18.9 Å². The van der Waals surface area contributed by atoms with Gasteiger partial charge in [-0.15, -0.1) is 0 Å². The van der Waals surface area contributed by atoms with Crippen molar-refractivity contribution in [3.63, 3.8) is 0 Å². The molecule has 0 saturated carbocycles. The van der Waals surface area contributed by atoms with Gasteiger partial charge in [-0.1, -0.05) is 30.4 Å². The Morgan fingerprint density at radius 3 is 2.43 bits per heavy atom. The van der Waals surface area contributed by atoms with Gasteiger partial charge >= 0.3 is 0 Å². The maximum Gasteiger partial charge on any atom is 0.271 e. The zero-order valence-electron chi connectivity index (χ0n) is 20.1. The van der Waals surface area contributed by atoms with E-state index < -0.39 is 21.8 Å². The Kier molecular flexibility index (Phi) is 6.90. The number of aromatic nitrogens is 1. The third-order valence-electron chi connectivity index (χ3n) is 5.77. The van der Waals surface area contributed by atoms with Crippen molar-refractivity contribution in [1.29, 1.82) is 0 Å². The summed E-state index contributed by atoms with van der Waals surface area (Å²) in [6.07, 6.45) is -1.08. The van der Waals surface area contributed by atoms with Crippen molar-refractivity contribution in [2.45, 2.75) is 17.9 Å². The Labute approximate surface area is 217 Å². The van der Waals surface area contributed by atoms with Gasteiger partial charge in [0.1, 0.15) is 29.4 Å². The number of benzene rings is 3. The Balaban J connectivity index is 1.45. The molecule has 1 aliphatic heterocycles. The fourth-order valence-corrected chi connectivity index (χ4v) is 5.64. The first-order valence-electron chi connectivity index (χ1n) is 11.5. The standard InChI is InChI=1S/C26H24N2O7S2/c1-3-37(30,31)19-10-4-16(5-11-19)22(35-18-8-6-17(32-2)7-9-18)25(29)28-26-27-20-12-13-21-23(24(20)36-26)34-15-14-33-21/h4-13,22H,3,14-15H2,1-2H3,(H,27,28,29). The molecule has 9 nitrogen and oxygen atoms in total. The lowest BCUT2D eigenvalue weighted by Crippen LogP contribution is -2.25.